The summed E-state index contributed by atoms with van der Waals surface area (Å²) < 4.78 is 0. The van der Waals surface area contributed by atoms with Crippen LogP contribution >= 0.6 is 0 Å². The van der Waals surface area contributed by atoms with Crippen molar-refractivity contribution in [2.75, 3.05) is 6.54 Å². The molecule has 3 heteroatoms. The highest BCUT2D eigenvalue weighted by molar-refractivity contribution is 6.27. The average molecular weight is 155 g/mol. The number of carbonyl (C=O) groups excluding carboxylic acids is 2. The van der Waals surface area contributed by atoms with Gasteiger partial charge in [0.05, 0.1) is 6.04 Å². The first-order chi connectivity index (χ1) is 5.24. The fourth-order valence-corrected chi connectivity index (χ4v) is 1.32. The predicted molar refractivity (Wildman–Crippen MR) is 41.3 cm³/mol. The van der Waals surface area contributed by atoms with E-state index in [2.05, 4.69) is 12.2 Å². The van der Waals surface area contributed by atoms with Gasteiger partial charge in [0, 0.05) is 0 Å². The van der Waals surface area contributed by atoms with Gasteiger partial charge in [-0.25, -0.2) is 0 Å². The molecular formula is C8H13NO2. The van der Waals surface area contributed by atoms with Gasteiger partial charge in [0.15, 0.2) is 6.29 Å². The monoisotopic (exact) mass is 155 g/mol. The Labute approximate surface area is 66.2 Å². The zero-order chi connectivity index (χ0) is 8.27. The van der Waals surface area contributed by atoms with Crippen molar-refractivity contribution in [3.8, 4) is 0 Å². The second-order valence-corrected chi connectivity index (χ2v) is 3.16. The van der Waals surface area contributed by atoms with Crippen molar-refractivity contribution in [3.63, 3.8) is 0 Å². The number of rotatable bonds is 2. The lowest BCUT2D eigenvalue weighted by molar-refractivity contribution is -0.131. The van der Waals surface area contributed by atoms with Gasteiger partial charge in [0.1, 0.15) is 0 Å². The second-order valence-electron chi connectivity index (χ2n) is 3.16. The van der Waals surface area contributed by atoms with E-state index in [1.807, 2.05) is 0 Å². The molecule has 1 saturated heterocycles. The summed E-state index contributed by atoms with van der Waals surface area (Å²) in [7, 11) is 0. The Morgan fingerprint density at radius 3 is 2.73 bits per heavy atom. The standard InChI is InChI=1S/C8H13NO2/c1-6-2-3-7(9-4-6)8(11)5-10/h5-7,9H,2-4H2,1H3. The van der Waals surface area contributed by atoms with Crippen molar-refractivity contribution in [1.29, 1.82) is 0 Å². The zero-order valence-electron chi connectivity index (χ0n) is 6.67. The largest absolute Gasteiger partial charge is 0.307 e. The van der Waals surface area contributed by atoms with E-state index in [1.165, 1.54) is 0 Å². The first-order valence-electron chi connectivity index (χ1n) is 3.96. The highest BCUT2D eigenvalue weighted by Gasteiger charge is 2.22. The van der Waals surface area contributed by atoms with Crippen molar-refractivity contribution < 1.29 is 9.59 Å². The molecule has 0 aromatic carbocycles. The number of ketones is 1. The lowest BCUT2D eigenvalue weighted by Gasteiger charge is -2.25. The fourth-order valence-electron chi connectivity index (χ4n) is 1.32. The minimum atomic E-state index is -0.308. The van der Waals surface area contributed by atoms with E-state index in [9.17, 15) is 9.59 Å². The van der Waals surface area contributed by atoms with Crippen molar-refractivity contribution in [1.82, 2.24) is 5.32 Å². The van der Waals surface area contributed by atoms with Gasteiger partial charge in [-0.2, -0.15) is 0 Å². The first kappa shape index (κ1) is 8.40. The molecule has 1 fully saturated rings. The molecule has 2 unspecified atom stereocenters. The van der Waals surface area contributed by atoms with Crippen LogP contribution in [0.1, 0.15) is 19.8 Å². The van der Waals surface area contributed by atoms with Gasteiger partial charge < -0.3 is 5.32 Å². The molecule has 1 heterocycles. The Morgan fingerprint density at radius 1 is 1.55 bits per heavy atom. The summed E-state index contributed by atoms with van der Waals surface area (Å²) in [6, 6.07) is -0.205. The van der Waals surface area contributed by atoms with E-state index >= 15 is 0 Å². The molecule has 0 aromatic heterocycles. The maximum absolute atomic E-state index is 10.8. The molecular weight excluding hydrogens is 142 g/mol. The van der Waals surface area contributed by atoms with Gasteiger partial charge in [-0.15, -0.1) is 0 Å². The molecule has 0 aromatic rings. The number of hydrogen-bond donors (Lipinski definition) is 1. The highest BCUT2D eigenvalue weighted by atomic mass is 16.2. The third-order valence-electron chi connectivity index (χ3n) is 2.12. The Bertz CT molecular complexity index is 159. The van der Waals surface area contributed by atoms with E-state index in [0.29, 0.717) is 12.2 Å². The Kier molecular flexibility index (Phi) is 2.76. The van der Waals surface area contributed by atoms with Crippen LogP contribution in [-0.4, -0.2) is 24.7 Å². The third kappa shape index (κ3) is 2.12. The summed E-state index contributed by atoms with van der Waals surface area (Å²) in [5.41, 5.74) is 0. The molecule has 3 nitrogen and oxygen atoms in total. The maximum atomic E-state index is 10.8. The van der Waals surface area contributed by atoms with Gasteiger partial charge in [-0.3, -0.25) is 9.59 Å². The Balaban J connectivity index is 2.38. The van der Waals surface area contributed by atoms with Crippen LogP contribution in [0.25, 0.3) is 0 Å². The topological polar surface area (TPSA) is 46.2 Å². The van der Waals surface area contributed by atoms with Gasteiger partial charge >= 0.3 is 0 Å². The number of aldehydes is 1. The molecule has 0 saturated carbocycles. The average Bonchev–Trinajstić information content (AvgIpc) is 2.05. The van der Waals surface area contributed by atoms with Crippen LogP contribution < -0.4 is 5.32 Å². The fraction of sp³-hybridized carbons (Fsp3) is 0.750. The minimum absolute atomic E-state index is 0.205. The van der Waals surface area contributed by atoms with Gasteiger partial charge in [-0.1, -0.05) is 6.92 Å². The smallest absolute Gasteiger partial charge is 0.211 e. The summed E-state index contributed by atoms with van der Waals surface area (Å²) in [5, 5.41) is 3.04. The van der Waals surface area contributed by atoms with E-state index in [1.54, 1.807) is 0 Å². The zero-order valence-corrected chi connectivity index (χ0v) is 6.67. The van der Waals surface area contributed by atoms with Gasteiger partial charge in [0.25, 0.3) is 0 Å². The molecule has 1 N–H and O–H groups in total. The maximum Gasteiger partial charge on any atom is 0.211 e. The summed E-state index contributed by atoms with van der Waals surface area (Å²) in [6.07, 6.45) is 2.25. The van der Waals surface area contributed by atoms with Crippen LogP contribution in [0.5, 0.6) is 0 Å². The quantitative estimate of drug-likeness (QED) is 0.456. The van der Waals surface area contributed by atoms with Crippen molar-refractivity contribution in [2.45, 2.75) is 25.8 Å². The molecule has 2 atom stereocenters. The third-order valence-corrected chi connectivity index (χ3v) is 2.12. The second kappa shape index (κ2) is 3.62. The number of hydrogen-bond acceptors (Lipinski definition) is 3. The summed E-state index contributed by atoms with van der Waals surface area (Å²) >= 11 is 0. The van der Waals surface area contributed by atoms with Crippen LogP contribution in [0.2, 0.25) is 0 Å². The van der Waals surface area contributed by atoms with Crippen molar-refractivity contribution >= 4 is 12.1 Å². The molecule has 1 rings (SSSR count). The normalized spacial score (nSPS) is 31.4. The van der Waals surface area contributed by atoms with E-state index < -0.39 is 0 Å². The minimum Gasteiger partial charge on any atom is -0.307 e. The lowest BCUT2D eigenvalue weighted by Crippen LogP contribution is -2.43. The lowest BCUT2D eigenvalue weighted by atomic mass is 9.94. The molecule has 1 aliphatic heterocycles. The molecule has 11 heavy (non-hydrogen) atoms. The van der Waals surface area contributed by atoms with E-state index in [-0.39, 0.29) is 11.8 Å². The SMILES string of the molecule is CC1CCC(C(=O)C=O)NC1. The van der Waals surface area contributed by atoms with Crippen LogP contribution in [0.3, 0.4) is 0 Å². The van der Waals surface area contributed by atoms with Crippen molar-refractivity contribution in [3.05, 3.63) is 0 Å². The number of Topliss-reactive ketones (excluding diaryl/α,β-unsaturated/α-hetero) is 1. The molecule has 0 amide bonds. The van der Waals surface area contributed by atoms with Gasteiger partial charge in [0.2, 0.25) is 5.78 Å². The van der Waals surface area contributed by atoms with Gasteiger partial charge in [-0.05, 0) is 25.3 Å². The number of piperidine rings is 1. The molecule has 1 aliphatic rings. The van der Waals surface area contributed by atoms with E-state index in [4.69, 9.17) is 0 Å². The molecule has 62 valence electrons. The predicted octanol–water partition coefficient (Wildman–Crippen LogP) is 0.142. The van der Waals surface area contributed by atoms with Crippen molar-refractivity contribution in [2.24, 2.45) is 5.92 Å². The first-order valence-corrected chi connectivity index (χ1v) is 3.96. The Hall–Kier alpha value is -0.700. The van der Waals surface area contributed by atoms with Crippen LogP contribution in [0, 0.1) is 5.92 Å². The number of carbonyl (C=O) groups is 2. The molecule has 0 aliphatic carbocycles. The van der Waals surface area contributed by atoms with E-state index in [0.717, 1.165) is 19.4 Å². The molecule has 0 radical (unpaired) electrons. The summed E-state index contributed by atoms with van der Waals surface area (Å²) in [6.45, 7) is 2.98. The van der Waals surface area contributed by atoms with Crippen LogP contribution in [0.4, 0.5) is 0 Å². The number of nitrogens with one attached hydrogen (secondary N) is 1. The highest BCUT2D eigenvalue weighted by Crippen LogP contribution is 2.12. The molecule has 0 spiro atoms. The molecule has 0 bridgehead atoms. The summed E-state index contributed by atoms with van der Waals surface area (Å²) in [5.74, 6) is 0.322. The van der Waals surface area contributed by atoms with Crippen LogP contribution in [0.15, 0.2) is 0 Å². The summed E-state index contributed by atoms with van der Waals surface area (Å²) in [4.78, 5) is 20.9. The van der Waals surface area contributed by atoms with Crippen LogP contribution in [-0.2, 0) is 9.59 Å². The Morgan fingerprint density at radius 2 is 2.27 bits per heavy atom.